The maximum Gasteiger partial charge on any atom is 0.287 e. The zero-order valence-electron chi connectivity index (χ0n) is 11.8. The molecule has 0 saturated carbocycles. The third-order valence-electron chi connectivity index (χ3n) is 3.51. The van der Waals surface area contributed by atoms with Gasteiger partial charge in [0, 0.05) is 19.3 Å². The van der Waals surface area contributed by atoms with Crippen molar-refractivity contribution in [2.75, 3.05) is 18.0 Å². The van der Waals surface area contributed by atoms with E-state index in [1.807, 2.05) is 6.07 Å². The van der Waals surface area contributed by atoms with Gasteiger partial charge in [0.25, 0.3) is 5.91 Å². The van der Waals surface area contributed by atoms with Gasteiger partial charge in [0.15, 0.2) is 5.76 Å². The van der Waals surface area contributed by atoms with Crippen molar-refractivity contribution in [1.82, 2.24) is 15.3 Å². The standard InChI is InChI=1S/C15H18N4O2/c20-14(13-5-4-10-21-13)17-11-12-6-7-16-15(18-12)19-8-2-1-3-9-19/h4-7,10H,1-3,8-9,11H2,(H,17,20). The number of nitrogens with one attached hydrogen (secondary N) is 1. The Morgan fingerprint density at radius 2 is 2.14 bits per heavy atom. The fourth-order valence-electron chi connectivity index (χ4n) is 2.39. The number of amides is 1. The van der Waals surface area contributed by atoms with Crippen molar-refractivity contribution in [3.63, 3.8) is 0 Å². The lowest BCUT2D eigenvalue weighted by Crippen LogP contribution is -2.31. The first kappa shape index (κ1) is 13.6. The number of hydrogen-bond donors (Lipinski definition) is 1. The average Bonchev–Trinajstić information content (AvgIpc) is 3.08. The fourth-order valence-corrected chi connectivity index (χ4v) is 2.39. The van der Waals surface area contributed by atoms with Crippen LogP contribution in [-0.2, 0) is 6.54 Å². The molecule has 3 heterocycles. The molecule has 0 atom stereocenters. The molecule has 2 aromatic rings. The van der Waals surface area contributed by atoms with Crippen molar-refractivity contribution >= 4 is 11.9 Å². The molecule has 1 N–H and O–H groups in total. The number of hydrogen-bond acceptors (Lipinski definition) is 5. The molecule has 0 aromatic carbocycles. The zero-order valence-corrected chi connectivity index (χ0v) is 11.8. The van der Waals surface area contributed by atoms with E-state index in [1.165, 1.54) is 25.5 Å². The molecule has 2 aromatic heterocycles. The minimum absolute atomic E-state index is 0.238. The minimum atomic E-state index is -0.238. The number of carbonyl (C=O) groups excluding carboxylic acids is 1. The van der Waals surface area contributed by atoms with Gasteiger partial charge in [-0.05, 0) is 37.5 Å². The van der Waals surface area contributed by atoms with Crippen LogP contribution in [0.2, 0.25) is 0 Å². The smallest absolute Gasteiger partial charge is 0.287 e. The molecule has 1 aliphatic rings. The number of aromatic nitrogens is 2. The van der Waals surface area contributed by atoms with Crippen LogP contribution in [0, 0.1) is 0 Å². The van der Waals surface area contributed by atoms with E-state index < -0.39 is 0 Å². The van der Waals surface area contributed by atoms with Crippen LogP contribution >= 0.6 is 0 Å². The van der Waals surface area contributed by atoms with Gasteiger partial charge in [-0.1, -0.05) is 0 Å². The molecule has 1 aliphatic heterocycles. The van der Waals surface area contributed by atoms with Gasteiger partial charge in [-0.25, -0.2) is 9.97 Å². The van der Waals surface area contributed by atoms with Crippen molar-refractivity contribution in [1.29, 1.82) is 0 Å². The minimum Gasteiger partial charge on any atom is -0.459 e. The lowest BCUT2D eigenvalue weighted by Gasteiger charge is -2.26. The maximum absolute atomic E-state index is 11.8. The van der Waals surface area contributed by atoms with Crippen LogP contribution in [0.25, 0.3) is 0 Å². The van der Waals surface area contributed by atoms with E-state index in [2.05, 4.69) is 20.2 Å². The molecule has 1 amide bonds. The fraction of sp³-hybridized carbons (Fsp3) is 0.400. The van der Waals surface area contributed by atoms with E-state index in [-0.39, 0.29) is 5.91 Å². The number of piperidine rings is 1. The summed E-state index contributed by atoms with van der Waals surface area (Å²) in [6.07, 6.45) is 6.86. The van der Waals surface area contributed by atoms with E-state index in [0.717, 1.165) is 24.7 Å². The van der Waals surface area contributed by atoms with Crippen LogP contribution in [0.3, 0.4) is 0 Å². The Morgan fingerprint density at radius 1 is 1.29 bits per heavy atom. The summed E-state index contributed by atoms with van der Waals surface area (Å²) < 4.78 is 5.05. The molecule has 110 valence electrons. The van der Waals surface area contributed by atoms with Crippen LogP contribution in [0.4, 0.5) is 5.95 Å². The normalized spacial score (nSPS) is 15.0. The van der Waals surface area contributed by atoms with Crippen LogP contribution < -0.4 is 10.2 Å². The van der Waals surface area contributed by atoms with E-state index in [4.69, 9.17) is 4.42 Å². The molecular weight excluding hydrogens is 268 g/mol. The van der Waals surface area contributed by atoms with Crippen LogP contribution in [0.1, 0.15) is 35.5 Å². The van der Waals surface area contributed by atoms with Crippen LogP contribution in [-0.4, -0.2) is 29.0 Å². The van der Waals surface area contributed by atoms with Gasteiger partial charge in [-0.3, -0.25) is 4.79 Å². The average molecular weight is 286 g/mol. The summed E-state index contributed by atoms with van der Waals surface area (Å²) in [6.45, 7) is 2.37. The summed E-state index contributed by atoms with van der Waals surface area (Å²) in [4.78, 5) is 22.8. The highest BCUT2D eigenvalue weighted by atomic mass is 16.3. The van der Waals surface area contributed by atoms with Gasteiger partial charge in [-0.2, -0.15) is 0 Å². The Hall–Kier alpha value is -2.37. The lowest BCUT2D eigenvalue weighted by molar-refractivity contribution is 0.0922. The Morgan fingerprint density at radius 3 is 2.90 bits per heavy atom. The highest BCUT2D eigenvalue weighted by molar-refractivity contribution is 5.91. The van der Waals surface area contributed by atoms with E-state index in [0.29, 0.717) is 12.3 Å². The summed E-state index contributed by atoms with van der Waals surface area (Å²) in [5.74, 6) is 0.817. The van der Waals surface area contributed by atoms with E-state index in [1.54, 1.807) is 18.3 Å². The van der Waals surface area contributed by atoms with Gasteiger partial charge in [0.2, 0.25) is 5.95 Å². The van der Waals surface area contributed by atoms with Gasteiger partial charge < -0.3 is 14.6 Å². The van der Waals surface area contributed by atoms with Crippen molar-refractivity contribution in [2.45, 2.75) is 25.8 Å². The van der Waals surface area contributed by atoms with E-state index in [9.17, 15) is 4.79 Å². The lowest BCUT2D eigenvalue weighted by atomic mass is 10.1. The third kappa shape index (κ3) is 3.39. The zero-order chi connectivity index (χ0) is 14.5. The number of furan rings is 1. The largest absolute Gasteiger partial charge is 0.459 e. The molecule has 0 bridgehead atoms. The molecule has 0 radical (unpaired) electrons. The van der Waals surface area contributed by atoms with Gasteiger partial charge in [-0.15, -0.1) is 0 Å². The second-order valence-electron chi connectivity index (χ2n) is 5.06. The second kappa shape index (κ2) is 6.39. The number of anilines is 1. The van der Waals surface area contributed by atoms with Gasteiger partial charge in [0.05, 0.1) is 18.5 Å². The Labute approximate surface area is 123 Å². The molecule has 1 saturated heterocycles. The quantitative estimate of drug-likeness (QED) is 0.930. The summed E-state index contributed by atoms with van der Waals surface area (Å²) in [6, 6.07) is 5.14. The number of carbonyl (C=O) groups is 1. The Kier molecular flexibility index (Phi) is 4.14. The van der Waals surface area contributed by atoms with E-state index >= 15 is 0 Å². The number of nitrogens with zero attached hydrogens (tertiary/aromatic N) is 3. The molecule has 0 unspecified atom stereocenters. The SMILES string of the molecule is O=C(NCc1ccnc(N2CCCCC2)n1)c1ccco1. The molecular formula is C15H18N4O2. The predicted octanol–water partition coefficient (Wildman–Crippen LogP) is 1.99. The second-order valence-corrected chi connectivity index (χ2v) is 5.06. The first-order valence-electron chi connectivity index (χ1n) is 7.21. The van der Waals surface area contributed by atoms with Crippen LogP contribution in [0.15, 0.2) is 35.1 Å². The molecule has 6 nitrogen and oxygen atoms in total. The molecule has 0 aliphatic carbocycles. The van der Waals surface area contributed by atoms with Crippen molar-refractivity contribution in [3.05, 3.63) is 42.1 Å². The summed E-state index contributed by atoms with van der Waals surface area (Å²) in [5, 5.41) is 2.79. The topological polar surface area (TPSA) is 71.3 Å². The highest BCUT2D eigenvalue weighted by Crippen LogP contribution is 2.15. The molecule has 1 fully saturated rings. The summed E-state index contributed by atoms with van der Waals surface area (Å²) >= 11 is 0. The van der Waals surface area contributed by atoms with Gasteiger partial charge >= 0.3 is 0 Å². The molecule has 3 rings (SSSR count). The Bertz CT molecular complexity index is 591. The monoisotopic (exact) mass is 286 g/mol. The highest BCUT2D eigenvalue weighted by Gasteiger charge is 2.14. The predicted molar refractivity (Wildman–Crippen MR) is 78.0 cm³/mol. The third-order valence-corrected chi connectivity index (χ3v) is 3.51. The molecule has 6 heteroatoms. The number of rotatable bonds is 4. The first-order chi connectivity index (χ1) is 10.3. The Balaban J connectivity index is 1.62. The van der Waals surface area contributed by atoms with Crippen molar-refractivity contribution in [2.24, 2.45) is 0 Å². The maximum atomic E-state index is 11.8. The molecule has 0 spiro atoms. The van der Waals surface area contributed by atoms with Crippen molar-refractivity contribution in [3.8, 4) is 0 Å². The van der Waals surface area contributed by atoms with Crippen LogP contribution in [0.5, 0.6) is 0 Å². The summed E-state index contributed by atoms with van der Waals surface area (Å²) in [7, 11) is 0. The first-order valence-corrected chi connectivity index (χ1v) is 7.21. The molecule has 21 heavy (non-hydrogen) atoms. The van der Waals surface area contributed by atoms with Crippen molar-refractivity contribution < 1.29 is 9.21 Å². The van der Waals surface area contributed by atoms with Gasteiger partial charge in [0.1, 0.15) is 0 Å². The summed E-state index contributed by atoms with van der Waals surface area (Å²) in [5.41, 5.74) is 0.797.